The topological polar surface area (TPSA) is 63.6 Å². The van der Waals surface area contributed by atoms with Crippen molar-refractivity contribution in [2.75, 3.05) is 0 Å². The minimum absolute atomic E-state index is 0.0385. The molecule has 1 atom stereocenters. The molecule has 0 aliphatic heterocycles. The number of benzene rings is 1. The van der Waals surface area contributed by atoms with Crippen molar-refractivity contribution in [1.29, 1.82) is 0 Å². The number of ether oxygens (including phenoxy) is 1. The lowest BCUT2D eigenvalue weighted by molar-refractivity contribution is -0.152. The molecule has 90 valence electrons. The van der Waals surface area contributed by atoms with Gasteiger partial charge < -0.3 is 9.84 Å². The summed E-state index contributed by atoms with van der Waals surface area (Å²) in [4.78, 5) is 21.9. The molecule has 1 aromatic rings. The number of carbonyl (C=O) groups is 2. The Morgan fingerprint density at radius 1 is 1.35 bits per heavy atom. The first-order chi connectivity index (χ1) is 7.90. The third kappa shape index (κ3) is 2.46. The maximum absolute atomic E-state index is 11.0. The van der Waals surface area contributed by atoms with Crippen LogP contribution in [-0.4, -0.2) is 22.5 Å². The Morgan fingerprint density at radius 3 is 2.29 bits per heavy atom. The molecule has 0 spiro atoms. The van der Waals surface area contributed by atoms with Gasteiger partial charge in [0.05, 0.1) is 0 Å². The predicted octanol–water partition coefficient (Wildman–Crippen LogP) is 1.98. The van der Waals surface area contributed by atoms with Crippen LogP contribution in [0, 0.1) is 0 Å². The van der Waals surface area contributed by atoms with E-state index in [-0.39, 0.29) is 11.7 Å². The molecular formula is C13H14O4. The second-order valence-electron chi connectivity index (χ2n) is 4.71. The normalized spacial score (nSPS) is 18.9. The van der Waals surface area contributed by atoms with Gasteiger partial charge in [-0.15, -0.1) is 0 Å². The molecule has 1 aliphatic rings. The van der Waals surface area contributed by atoms with Gasteiger partial charge in [0, 0.05) is 12.3 Å². The van der Waals surface area contributed by atoms with Gasteiger partial charge in [-0.25, -0.2) is 4.79 Å². The number of Topliss-reactive ketones (excluding diaryl/α,β-unsaturated/α-hetero) is 1. The second kappa shape index (κ2) is 3.87. The number of aliphatic carboxylic acids is 1. The Labute approximate surface area is 99.2 Å². The number of carboxylic acids is 1. The van der Waals surface area contributed by atoms with Gasteiger partial charge in [-0.05, 0) is 31.5 Å². The Kier molecular flexibility index (Phi) is 2.65. The van der Waals surface area contributed by atoms with E-state index in [1.54, 1.807) is 12.1 Å². The fraction of sp³-hybridized carbons (Fsp3) is 0.385. The summed E-state index contributed by atoms with van der Waals surface area (Å²) in [5, 5.41) is 8.92. The molecule has 0 bridgehead atoms. The summed E-state index contributed by atoms with van der Waals surface area (Å²) in [5.41, 5.74) is -0.285. The monoisotopic (exact) mass is 235 g/mol. The third-order valence-corrected chi connectivity index (χ3v) is 2.80. The molecule has 2 rings (SSSR count). The van der Waals surface area contributed by atoms with Crippen LogP contribution in [0.2, 0.25) is 0 Å². The Bertz CT molecular complexity index is 459. The number of ketones is 1. The number of hydrogen-bond acceptors (Lipinski definition) is 3. The summed E-state index contributed by atoms with van der Waals surface area (Å²) < 4.78 is 5.36. The van der Waals surface area contributed by atoms with Gasteiger partial charge in [0.1, 0.15) is 11.5 Å². The highest BCUT2D eigenvalue weighted by Gasteiger charge is 2.36. The minimum Gasteiger partial charge on any atom is -0.478 e. The first kappa shape index (κ1) is 11.6. The van der Waals surface area contributed by atoms with Crippen LogP contribution >= 0.6 is 0 Å². The molecule has 0 aromatic heterocycles. The van der Waals surface area contributed by atoms with Gasteiger partial charge in [-0.2, -0.15) is 0 Å². The molecule has 0 saturated heterocycles. The first-order valence-electron chi connectivity index (χ1n) is 5.45. The number of rotatable bonds is 4. The van der Waals surface area contributed by atoms with Crippen LogP contribution in [0.3, 0.4) is 0 Å². The molecule has 0 radical (unpaired) electrons. The second-order valence-corrected chi connectivity index (χ2v) is 4.71. The van der Waals surface area contributed by atoms with Crippen LogP contribution in [0.5, 0.6) is 5.75 Å². The number of carbonyl (C=O) groups excluding carboxylic acids is 1. The number of hydrogen-bond donors (Lipinski definition) is 1. The molecule has 0 heterocycles. The van der Waals surface area contributed by atoms with E-state index in [4.69, 9.17) is 9.84 Å². The van der Waals surface area contributed by atoms with Gasteiger partial charge in [-0.1, -0.05) is 12.1 Å². The van der Waals surface area contributed by atoms with E-state index in [9.17, 15) is 9.59 Å². The van der Waals surface area contributed by atoms with Crippen molar-refractivity contribution in [3.8, 4) is 5.75 Å². The summed E-state index contributed by atoms with van der Waals surface area (Å²) >= 11 is 0. The zero-order valence-corrected chi connectivity index (χ0v) is 9.77. The zero-order valence-electron chi connectivity index (χ0n) is 9.77. The molecule has 1 fully saturated rings. The quantitative estimate of drug-likeness (QED) is 0.810. The SMILES string of the molecule is CC(C)(Oc1ccc(C2[13CH2]C2=O)cc1)C(=O)O. The molecule has 0 amide bonds. The standard InChI is InChI=1S/C13H14O4/c1-13(2,12(15)16)17-9-5-3-8(4-6-9)10-7-11(10)14/h3-6,10H,7H2,1-2H3,(H,15,16)/i7+1. The van der Waals surface area contributed by atoms with Gasteiger partial charge >= 0.3 is 5.97 Å². The van der Waals surface area contributed by atoms with E-state index in [1.807, 2.05) is 12.1 Å². The third-order valence-electron chi connectivity index (χ3n) is 2.80. The van der Waals surface area contributed by atoms with Crippen LogP contribution in [0.25, 0.3) is 0 Å². The molecular weight excluding hydrogens is 221 g/mol. The summed E-state index contributed by atoms with van der Waals surface area (Å²) in [6, 6.07) is 7.02. The largest absolute Gasteiger partial charge is 0.478 e. The fourth-order valence-electron chi connectivity index (χ4n) is 1.55. The lowest BCUT2D eigenvalue weighted by atomic mass is 10.1. The van der Waals surface area contributed by atoms with Crippen molar-refractivity contribution < 1.29 is 19.4 Å². The van der Waals surface area contributed by atoms with Crippen molar-refractivity contribution in [1.82, 2.24) is 0 Å². The Hall–Kier alpha value is -1.84. The fourth-order valence-corrected chi connectivity index (χ4v) is 1.55. The molecule has 1 N–H and O–H groups in total. The van der Waals surface area contributed by atoms with Crippen molar-refractivity contribution in [2.24, 2.45) is 0 Å². The van der Waals surface area contributed by atoms with Gasteiger partial charge in [0.25, 0.3) is 0 Å². The zero-order chi connectivity index (χ0) is 12.6. The highest BCUT2D eigenvalue weighted by Crippen LogP contribution is 2.36. The Morgan fingerprint density at radius 2 is 1.88 bits per heavy atom. The molecule has 1 unspecified atom stereocenters. The lowest BCUT2D eigenvalue weighted by Crippen LogP contribution is -2.37. The molecule has 1 aromatic carbocycles. The summed E-state index contributed by atoms with van der Waals surface area (Å²) in [6.07, 6.45) is 0.612. The lowest BCUT2D eigenvalue weighted by Gasteiger charge is -2.21. The van der Waals surface area contributed by atoms with Crippen molar-refractivity contribution in [2.45, 2.75) is 31.8 Å². The van der Waals surface area contributed by atoms with Crippen LogP contribution in [0.15, 0.2) is 24.3 Å². The highest BCUT2D eigenvalue weighted by atomic mass is 16.5. The predicted molar refractivity (Wildman–Crippen MR) is 61.1 cm³/mol. The average Bonchev–Trinajstić information content (AvgIpc) is 2.96. The van der Waals surface area contributed by atoms with Crippen LogP contribution < -0.4 is 4.74 Å². The van der Waals surface area contributed by atoms with Gasteiger partial charge in [-0.3, -0.25) is 4.79 Å². The van der Waals surface area contributed by atoms with Crippen LogP contribution in [-0.2, 0) is 9.59 Å². The number of carboxylic acid groups (broad SMARTS) is 1. The van der Waals surface area contributed by atoms with E-state index in [0.717, 1.165) is 5.56 Å². The smallest absolute Gasteiger partial charge is 0.347 e. The molecule has 1 aliphatic carbocycles. The minimum atomic E-state index is -1.25. The van der Waals surface area contributed by atoms with E-state index in [2.05, 4.69) is 0 Å². The van der Waals surface area contributed by atoms with E-state index in [0.29, 0.717) is 12.2 Å². The summed E-state index contributed by atoms with van der Waals surface area (Å²) in [5.74, 6) is -0.228. The van der Waals surface area contributed by atoms with Crippen molar-refractivity contribution in [3.05, 3.63) is 29.8 Å². The highest BCUT2D eigenvalue weighted by molar-refractivity contribution is 6.01. The summed E-state index contributed by atoms with van der Waals surface area (Å²) in [7, 11) is 0. The maximum atomic E-state index is 11.0. The average molecular weight is 235 g/mol. The van der Waals surface area contributed by atoms with Crippen LogP contribution in [0.4, 0.5) is 0 Å². The molecule has 4 nitrogen and oxygen atoms in total. The summed E-state index contributed by atoms with van der Waals surface area (Å²) in [6.45, 7) is 2.99. The molecule has 17 heavy (non-hydrogen) atoms. The van der Waals surface area contributed by atoms with E-state index >= 15 is 0 Å². The van der Waals surface area contributed by atoms with E-state index < -0.39 is 11.6 Å². The van der Waals surface area contributed by atoms with Crippen molar-refractivity contribution in [3.63, 3.8) is 0 Å². The maximum Gasteiger partial charge on any atom is 0.347 e. The van der Waals surface area contributed by atoms with Gasteiger partial charge in [0.15, 0.2) is 5.60 Å². The van der Waals surface area contributed by atoms with Crippen molar-refractivity contribution >= 4 is 11.8 Å². The molecule has 1 saturated carbocycles. The van der Waals surface area contributed by atoms with Gasteiger partial charge in [0.2, 0.25) is 0 Å². The molecule has 4 heteroatoms. The van der Waals surface area contributed by atoms with E-state index in [1.165, 1.54) is 13.8 Å². The Balaban J connectivity index is 2.08. The first-order valence-corrected chi connectivity index (χ1v) is 5.45. The van der Waals surface area contributed by atoms with Crippen LogP contribution in [0.1, 0.15) is 31.7 Å².